The Hall–Kier alpha value is -0.420. The van der Waals surface area contributed by atoms with E-state index >= 15 is 0 Å². The van der Waals surface area contributed by atoms with E-state index in [1.807, 2.05) is 11.3 Å². The van der Waals surface area contributed by atoms with Crippen LogP contribution >= 0.6 is 11.3 Å². The van der Waals surface area contributed by atoms with Gasteiger partial charge in [-0.15, -0.1) is 11.3 Å². The third kappa shape index (κ3) is 3.57. The van der Waals surface area contributed by atoms with Gasteiger partial charge < -0.3 is 10.1 Å². The highest BCUT2D eigenvalue weighted by Gasteiger charge is 2.31. The average Bonchev–Trinajstić information content (AvgIpc) is 2.82. The van der Waals surface area contributed by atoms with Crippen molar-refractivity contribution in [3.63, 3.8) is 0 Å². The summed E-state index contributed by atoms with van der Waals surface area (Å²) in [5.74, 6) is 0. The number of aryl methyl sites for hydroxylation is 1. The number of hydrogen-bond donors (Lipinski definition) is 1. The van der Waals surface area contributed by atoms with E-state index < -0.39 is 0 Å². The number of likely N-dealkylation sites (N-methyl/N-ethyl adjacent to an activating group) is 1. The molecular formula is C15H26N2OS. The molecule has 3 nitrogen and oxygen atoms in total. The van der Waals surface area contributed by atoms with Gasteiger partial charge in [0.2, 0.25) is 0 Å². The smallest absolute Gasteiger partial charge is 0.0905 e. The summed E-state index contributed by atoms with van der Waals surface area (Å²) in [6, 6.07) is 3.12. The molecule has 1 aliphatic heterocycles. The van der Waals surface area contributed by atoms with Crippen LogP contribution in [0.5, 0.6) is 0 Å². The van der Waals surface area contributed by atoms with E-state index in [-0.39, 0.29) is 6.10 Å². The lowest BCUT2D eigenvalue weighted by molar-refractivity contribution is -0.0554. The maximum absolute atomic E-state index is 6.05. The molecule has 4 heteroatoms. The van der Waals surface area contributed by atoms with Gasteiger partial charge in [0.05, 0.1) is 18.8 Å². The zero-order valence-corrected chi connectivity index (χ0v) is 13.3. The number of ether oxygens (including phenoxy) is 1. The lowest BCUT2D eigenvalue weighted by atomic mass is 10.0. The van der Waals surface area contributed by atoms with Crippen molar-refractivity contribution in [1.82, 2.24) is 10.2 Å². The van der Waals surface area contributed by atoms with Crippen LogP contribution < -0.4 is 5.32 Å². The Bertz CT molecular complexity index is 391. The highest BCUT2D eigenvalue weighted by atomic mass is 32.1. The van der Waals surface area contributed by atoms with E-state index in [1.54, 1.807) is 0 Å². The summed E-state index contributed by atoms with van der Waals surface area (Å²) < 4.78 is 6.05. The van der Waals surface area contributed by atoms with Crippen molar-refractivity contribution in [2.75, 3.05) is 26.2 Å². The van der Waals surface area contributed by atoms with Crippen LogP contribution in [-0.2, 0) is 4.74 Å². The number of nitrogens with one attached hydrogen (secondary N) is 1. The van der Waals surface area contributed by atoms with Gasteiger partial charge in [-0.1, -0.05) is 6.92 Å². The van der Waals surface area contributed by atoms with Crippen LogP contribution in [0.4, 0.5) is 0 Å². The molecule has 108 valence electrons. The largest absolute Gasteiger partial charge is 0.374 e. The maximum atomic E-state index is 6.05. The van der Waals surface area contributed by atoms with Gasteiger partial charge in [0.15, 0.2) is 0 Å². The predicted octanol–water partition coefficient (Wildman–Crippen LogP) is 2.82. The van der Waals surface area contributed by atoms with E-state index in [0.717, 1.165) is 26.2 Å². The summed E-state index contributed by atoms with van der Waals surface area (Å²) in [5, 5.41) is 5.79. The molecule has 0 aliphatic carbocycles. The molecule has 0 amide bonds. The van der Waals surface area contributed by atoms with Crippen molar-refractivity contribution < 1.29 is 4.74 Å². The van der Waals surface area contributed by atoms with E-state index in [1.165, 1.54) is 10.4 Å². The minimum absolute atomic E-state index is 0.258. The quantitative estimate of drug-likeness (QED) is 0.899. The molecule has 0 aromatic carbocycles. The van der Waals surface area contributed by atoms with Crippen molar-refractivity contribution in [3.8, 4) is 0 Å². The maximum Gasteiger partial charge on any atom is 0.0905 e. The molecule has 1 fully saturated rings. The van der Waals surface area contributed by atoms with E-state index in [4.69, 9.17) is 4.74 Å². The van der Waals surface area contributed by atoms with Gasteiger partial charge in [-0.25, -0.2) is 0 Å². The van der Waals surface area contributed by atoms with E-state index in [2.05, 4.69) is 49.4 Å². The van der Waals surface area contributed by atoms with Crippen LogP contribution in [0.1, 0.15) is 37.3 Å². The molecule has 1 aromatic rings. The minimum atomic E-state index is 0.258. The Morgan fingerprint density at radius 2 is 2.32 bits per heavy atom. The molecule has 19 heavy (non-hydrogen) atoms. The van der Waals surface area contributed by atoms with Gasteiger partial charge >= 0.3 is 0 Å². The van der Waals surface area contributed by atoms with Gasteiger partial charge in [-0.05, 0) is 44.3 Å². The van der Waals surface area contributed by atoms with Gasteiger partial charge in [0, 0.05) is 24.0 Å². The highest BCUT2D eigenvalue weighted by Crippen LogP contribution is 2.29. The predicted molar refractivity (Wildman–Crippen MR) is 81.9 cm³/mol. The second kappa shape index (κ2) is 6.84. The van der Waals surface area contributed by atoms with Crippen LogP contribution in [0.3, 0.4) is 0 Å². The number of thiophene rings is 1. The average molecular weight is 282 g/mol. The summed E-state index contributed by atoms with van der Waals surface area (Å²) in [5.41, 5.74) is 1.38. The fraction of sp³-hybridized carbons (Fsp3) is 0.733. The van der Waals surface area contributed by atoms with Crippen LogP contribution in [0.25, 0.3) is 0 Å². The van der Waals surface area contributed by atoms with Gasteiger partial charge in [-0.2, -0.15) is 0 Å². The number of rotatable bonds is 5. The van der Waals surface area contributed by atoms with Crippen molar-refractivity contribution in [2.24, 2.45) is 0 Å². The SMILES string of the molecule is CCNC(c1sccc1C)C1CN(C(C)C)CCO1. The molecule has 0 bridgehead atoms. The summed E-state index contributed by atoms with van der Waals surface area (Å²) in [4.78, 5) is 3.94. The molecule has 2 atom stereocenters. The molecular weight excluding hydrogens is 256 g/mol. The summed E-state index contributed by atoms with van der Waals surface area (Å²) in [6.07, 6.45) is 0.258. The second-order valence-electron chi connectivity index (χ2n) is 5.50. The van der Waals surface area contributed by atoms with E-state index in [0.29, 0.717) is 12.1 Å². The Morgan fingerprint density at radius 1 is 1.53 bits per heavy atom. The molecule has 0 radical (unpaired) electrons. The lowest BCUT2D eigenvalue weighted by Gasteiger charge is -2.39. The van der Waals surface area contributed by atoms with Gasteiger partial charge in [0.1, 0.15) is 0 Å². The summed E-state index contributed by atoms with van der Waals surface area (Å²) in [6.45, 7) is 12.8. The highest BCUT2D eigenvalue weighted by molar-refractivity contribution is 7.10. The number of hydrogen-bond acceptors (Lipinski definition) is 4. The number of nitrogens with zero attached hydrogens (tertiary/aromatic N) is 1. The standard InChI is InChI=1S/C15H26N2OS/c1-5-16-14(15-12(4)6-9-19-15)13-10-17(11(2)3)7-8-18-13/h6,9,11,13-14,16H,5,7-8,10H2,1-4H3. The first-order chi connectivity index (χ1) is 9.13. The van der Waals surface area contributed by atoms with Crippen molar-refractivity contribution in [3.05, 3.63) is 21.9 Å². The summed E-state index contributed by atoms with van der Waals surface area (Å²) in [7, 11) is 0. The van der Waals surface area contributed by atoms with Gasteiger partial charge in [0.25, 0.3) is 0 Å². The molecule has 0 saturated carbocycles. The Morgan fingerprint density at radius 3 is 2.89 bits per heavy atom. The zero-order chi connectivity index (χ0) is 13.8. The number of morpholine rings is 1. The van der Waals surface area contributed by atoms with Gasteiger partial charge in [-0.3, -0.25) is 4.90 Å². The minimum Gasteiger partial charge on any atom is -0.374 e. The third-order valence-corrected chi connectivity index (χ3v) is 4.94. The molecule has 2 heterocycles. The zero-order valence-electron chi connectivity index (χ0n) is 12.5. The first-order valence-electron chi connectivity index (χ1n) is 7.26. The van der Waals surface area contributed by atoms with E-state index in [9.17, 15) is 0 Å². The normalized spacial score (nSPS) is 22.9. The Labute approximate surface area is 121 Å². The Kier molecular flexibility index (Phi) is 5.39. The van der Waals surface area contributed by atoms with Crippen molar-refractivity contribution in [2.45, 2.75) is 45.9 Å². The molecule has 1 aromatic heterocycles. The molecule has 0 spiro atoms. The monoisotopic (exact) mass is 282 g/mol. The fourth-order valence-electron chi connectivity index (χ4n) is 2.68. The first kappa shape index (κ1) is 15.0. The fourth-order valence-corrected chi connectivity index (χ4v) is 3.74. The second-order valence-corrected chi connectivity index (χ2v) is 6.45. The molecule has 1 N–H and O–H groups in total. The van der Waals surface area contributed by atoms with Crippen molar-refractivity contribution in [1.29, 1.82) is 0 Å². The Balaban J connectivity index is 2.13. The van der Waals surface area contributed by atoms with Crippen LogP contribution in [0.15, 0.2) is 11.4 Å². The third-order valence-electron chi connectivity index (χ3n) is 3.84. The van der Waals surface area contributed by atoms with Crippen LogP contribution in [0.2, 0.25) is 0 Å². The first-order valence-corrected chi connectivity index (χ1v) is 8.14. The molecule has 2 rings (SSSR count). The molecule has 1 aliphatic rings. The molecule has 1 saturated heterocycles. The van der Waals surface area contributed by atoms with Crippen LogP contribution in [-0.4, -0.2) is 43.3 Å². The van der Waals surface area contributed by atoms with Crippen molar-refractivity contribution >= 4 is 11.3 Å². The summed E-state index contributed by atoms with van der Waals surface area (Å²) >= 11 is 1.84. The molecule has 2 unspecified atom stereocenters. The van der Waals surface area contributed by atoms with Crippen LogP contribution in [0, 0.1) is 6.92 Å². The lowest BCUT2D eigenvalue weighted by Crippen LogP contribution is -2.50. The topological polar surface area (TPSA) is 24.5 Å².